The molecule has 2 rings (SSSR count). The second kappa shape index (κ2) is 6.46. The highest BCUT2D eigenvalue weighted by molar-refractivity contribution is 6.36. The van der Waals surface area contributed by atoms with Gasteiger partial charge in [-0.25, -0.2) is 0 Å². The van der Waals surface area contributed by atoms with Crippen molar-refractivity contribution in [3.05, 3.63) is 28.8 Å². The molecular formula is C15H22ClN3O. The largest absolute Gasteiger partial charge is 0.398 e. The Morgan fingerprint density at radius 2 is 2.15 bits per heavy atom. The van der Waals surface area contributed by atoms with Crippen molar-refractivity contribution < 1.29 is 4.79 Å². The quantitative estimate of drug-likeness (QED) is 0.868. The van der Waals surface area contributed by atoms with Gasteiger partial charge in [0.15, 0.2) is 0 Å². The third kappa shape index (κ3) is 2.91. The molecule has 0 spiro atoms. The van der Waals surface area contributed by atoms with Gasteiger partial charge < -0.3 is 10.6 Å². The normalized spacial score (nSPS) is 18.8. The fourth-order valence-electron chi connectivity index (χ4n) is 2.85. The Morgan fingerprint density at radius 1 is 1.45 bits per heavy atom. The highest BCUT2D eigenvalue weighted by atomic mass is 35.5. The summed E-state index contributed by atoms with van der Waals surface area (Å²) in [4.78, 5) is 16.8. The zero-order chi connectivity index (χ0) is 14.7. The summed E-state index contributed by atoms with van der Waals surface area (Å²) in [5, 5.41) is 0.365. The number of hydrogen-bond donors (Lipinski definition) is 1. The number of hydrogen-bond acceptors (Lipinski definition) is 3. The standard InChI is InChI=1S/C15H22ClN3O/c1-3-18(4-2)11-8-9-19(10-11)15(20)12-6-5-7-13(17)14(12)16/h5-7,11H,3-4,8-10,17H2,1-2H3. The molecule has 4 nitrogen and oxygen atoms in total. The van der Waals surface area contributed by atoms with Gasteiger partial charge in [-0.15, -0.1) is 0 Å². The Kier molecular flexibility index (Phi) is 4.89. The first-order valence-electron chi connectivity index (χ1n) is 7.15. The van der Waals surface area contributed by atoms with Crippen molar-refractivity contribution in [1.29, 1.82) is 0 Å². The molecule has 1 aromatic rings. The summed E-state index contributed by atoms with van der Waals surface area (Å²) < 4.78 is 0. The highest BCUT2D eigenvalue weighted by Gasteiger charge is 2.30. The Labute approximate surface area is 125 Å². The molecule has 1 amide bonds. The maximum Gasteiger partial charge on any atom is 0.255 e. The molecule has 1 atom stereocenters. The number of carbonyl (C=O) groups excluding carboxylic acids is 1. The van der Waals surface area contributed by atoms with E-state index in [1.54, 1.807) is 18.2 Å². The van der Waals surface area contributed by atoms with Gasteiger partial charge >= 0.3 is 0 Å². The lowest BCUT2D eigenvalue weighted by Crippen LogP contribution is -2.38. The molecule has 1 unspecified atom stereocenters. The van der Waals surface area contributed by atoms with Gasteiger partial charge in [-0.2, -0.15) is 0 Å². The molecular weight excluding hydrogens is 274 g/mol. The molecule has 0 aromatic heterocycles. The summed E-state index contributed by atoms with van der Waals surface area (Å²) in [5.41, 5.74) is 6.73. The molecule has 1 saturated heterocycles. The van der Waals surface area contributed by atoms with Crippen molar-refractivity contribution in [3.8, 4) is 0 Å². The van der Waals surface area contributed by atoms with E-state index in [4.69, 9.17) is 17.3 Å². The smallest absolute Gasteiger partial charge is 0.255 e. The topological polar surface area (TPSA) is 49.6 Å². The van der Waals surface area contributed by atoms with Crippen molar-refractivity contribution in [2.24, 2.45) is 0 Å². The summed E-state index contributed by atoms with van der Waals surface area (Å²) >= 11 is 6.14. The van der Waals surface area contributed by atoms with Crippen molar-refractivity contribution in [2.75, 3.05) is 31.9 Å². The maximum absolute atomic E-state index is 12.5. The van der Waals surface area contributed by atoms with Gasteiger partial charge in [0.05, 0.1) is 16.3 Å². The predicted molar refractivity (Wildman–Crippen MR) is 83.1 cm³/mol. The van der Waals surface area contributed by atoms with E-state index < -0.39 is 0 Å². The van der Waals surface area contributed by atoms with Crippen LogP contribution in [0, 0.1) is 0 Å². The number of benzene rings is 1. The van der Waals surface area contributed by atoms with Crippen LogP contribution in [0.2, 0.25) is 5.02 Å². The van der Waals surface area contributed by atoms with Crippen LogP contribution < -0.4 is 5.73 Å². The number of nitrogen functional groups attached to an aromatic ring is 1. The predicted octanol–water partition coefficient (Wildman–Crippen LogP) is 2.48. The number of halogens is 1. The van der Waals surface area contributed by atoms with E-state index >= 15 is 0 Å². The molecule has 2 N–H and O–H groups in total. The van der Waals surface area contributed by atoms with Gasteiger partial charge in [0, 0.05) is 19.1 Å². The van der Waals surface area contributed by atoms with Crippen LogP contribution in [0.4, 0.5) is 5.69 Å². The number of anilines is 1. The second-order valence-corrected chi connectivity index (χ2v) is 5.50. The SMILES string of the molecule is CCN(CC)C1CCN(C(=O)c2cccc(N)c2Cl)C1. The van der Waals surface area contributed by atoms with Crippen LogP contribution >= 0.6 is 11.6 Å². The first-order chi connectivity index (χ1) is 9.58. The highest BCUT2D eigenvalue weighted by Crippen LogP contribution is 2.26. The first-order valence-corrected chi connectivity index (χ1v) is 7.53. The molecule has 0 aliphatic carbocycles. The average Bonchev–Trinajstić information content (AvgIpc) is 2.92. The fraction of sp³-hybridized carbons (Fsp3) is 0.533. The number of carbonyl (C=O) groups is 1. The zero-order valence-corrected chi connectivity index (χ0v) is 12.9. The molecule has 1 aromatic carbocycles. The monoisotopic (exact) mass is 295 g/mol. The molecule has 5 heteroatoms. The third-order valence-electron chi connectivity index (χ3n) is 4.04. The van der Waals surface area contributed by atoms with E-state index in [0.29, 0.717) is 22.3 Å². The Morgan fingerprint density at radius 3 is 2.80 bits per heavy atom. The minimum atomic E-state index is -0.0167. The zero-order valence-electron chi connectivity index (χ0n) is 12.1. The molecule has 110 valence electrons. The van der Waals surface area contributed by atoms with Crippen LogP contribution in [0.25, 0.3) is 0 Å². The van der Waals surface area contributed by atoms with E-state index in [2.05, 4.69) is 18.7 Å². The van der Waals surface area contributed by atoms with Crippen molar-refractivity contribution >= 4 is 23.2 Å². The molecule has 1 aliphatic rings. The molecule has 1 heterocycles. The van der Waals surface area contributed by atoms with Gasteiger partial charge in [-0.05, 0) is 31.6 Å². The van der Waals surface area contributed by atoms with Gasteiger partial charge in [-0.1, -0.05) is 31.5 Å². The number of rotatable bonds is 4. The third-order valence-corrected chi connectivity index (χ3v) is 4.46. The van der Waals surface area contributed by atoms with Gasteiger partial charge in [0.2, 0.25) is 0 Å². The number of nitrogens with two attached hydrogens (primary N) is 1. The van der Waals surface area contributed by atoms with Crippen molar-refractivity contribution in [3.63, 3.8) is 0 Å². The van der Waals surface area contributed by atoms with Gasteiger partial charge in [0.1, 0.15) is 0 Å². The average molecular weight is 296 g/mol. The van der Waals surface area contributed by atoms with E-state index in [1.165, 1.54) is 0 Å². The number of nitrogens with zero attached hydrogens (tertiary/aromatic N) is 2. The van der Waals surface area contributed by atoms with Gasteiger partial charge in [0.25, 0.3) is 5.91 Å². The van der Waals surface area contributed by atoms with E-state index in [0.717, 1.165) is 32.6 Å². The molecule has 0 saturated carbocycles. The van der Waals surface area contributed by atoms with Crippen LogP contribution in [0.15, 0.2) is 18.2 Å². The summed E-state index contributed by atoms with van der Waals surface area (Å²) in [6, 6.07) is 5.67. The first kappa shape index (κ1) is 15.1. The Bertz CT molecular complexity index is 488. The lowest BCUT2D eigenvalue weighted by atomic mass is 10.1. The number of likely N-dealkylation sites (N-methyl/N-ethyl adjacent to an activating group) is 1. The van der Waals surface area contributed by atoms with Crippen LogP contribution in [0.3, 0.4) is 0 Å². The summed E-state index contributed by atoms with van der Waals surface area (Å²) in [6.07, 6.45) is 1.02. The Hall–Kier alpha value is -1.26. The lowest BCUT2D eigenvalue weighted by molar-refractivity contribution is 0.0778. The molecule has 0 radical (unpaired) electrons. The summed E-state index contributed by atoms with van der Waals surface area (Å²) in [6.45, 7) is 7.90. The molecule has 1 aliphatic heterocycles. The molecule has 0 bridgehead atoms. The van der Waals surface area contributed by atoms with Crippen LogP contribution in [0.1, 0.15) is 30.6 Å². The molecule has 1 fully saturated rings. The van der Waals surface area contributed by atoms with Gasteiger partial charge in [-0.3, -0.25) is 9.69 Å². The minimum absolute atomic E-state index is 0.0167. The van der Waals surface area contributed by atoms with E-state index in [1.807, 2.05) is 4.90 Å². The number of likely N-dealkylation sites (tertiary alicyclic amines) is 1. The second-order valence-electron chi connectivity index (χ2n) is 5.12. The number of amides is 1. The summed E-state index contributed by atoms with van der Waals surface area (Å²) in [5.74, 6) is -0.0167. The fourth-order valence-corrected chi connectivity index (χ4v) is 3.06. The van der Waals surface area contributed by atoms with Crippen LogP contribution in [-0.4, -0.2) is 47.9 Å². The van der Waals surface area contributed by atoms with Crippen molar-refractivity contribution in [2.45, 2.75) is 26.3 Å². The lowest BCUT2D eigenvalue weighted by Gasteiger charge is -2.26. The van der Waals surface area contributed by atoms with E-state index in [-0.39, 0.29) is 5.91 Å². The molecule has 20 heavy (non-hydrogen) atoms. The maximum atomic E-state index is 12.5. The van der Waals surface area contributed by atoms with Crippen molar-refractivity contribution in [1.82, 2.24) is 9.80 Å². The van der Waals surface area contributed by atoms with E-state index in [9.17, 15) is 4.79 Å². The Balaban J connectivity index is 2.10. The minimum Gasteiger partial charge on any atom is -0.398 e. The van der Waals surface area contributed by atoms with Crippen LogP contribution in [0.5, 0.6) is 0 Å². The summed E-state index contributed by atoms with van der Waals surface area (Å²) in [7, 11) is 0. The van der Waals surface area contributed by atoms with Crippen LogP contribution in [-0.2, 0) is 0 Å².